The second kappa shape index (κ2) is 4.80. The molecule has 4 nitrogen and oxygen atoms in total. The van der Waals surface area contributed by atoms with Crippen molar-refractivity contribution in [1.29, 1.82) is 0 Å². The highest BCUT2D eigenvalue weighted by atomic mass is 127. The normalized spacial score (nSPS) is 17.5. The number of H-pyrrole nitrogens is 1. The number of nitrogens with zero attached hydrogens (tertiary/aromatic N) is 2. The number of halogens is 1. The summed E-state index contributed by atoms with van der Waals surface area (Å²) in [5.74, 6) is 0.729. The lowest BCUT2D eigenvalue weighted by molar-refractivity contribution is 0.151. The van der Waals surface area contributed by atoms with E-state index in [1.807, 2.05) is 6.07 Å². The molecule has 2 heterocycles. The minimum Gasteiger partial charge on any atom is -0.474 e. The van der Waals surface area contributed by atoms with Gasteiger partial charge in [-0.25, -0.2) is 4.98 Å². The number of pyridine rings is 1. The van der Waals surface area contributed by atoms with Gasteiger partial charge in [0.05, 0.1) is 10.9 Å². The summed E-state index contributed by atoms with van der Waals surface area (Å²) >= 11 is 2.21. The quantitative estimate of drug-likeness (QED) is 0.852. The van der Waals surface area contributed by atoms with E-state index in [9.17, 15) is 0 Å². The lowest BCUT2D eigenvalue weighted by atomic mass is 9.98. The number of aromatic nitrogens is 3. The van der Waals surface area contributed by atoms with Crippen LogP contribution >= 0.6 is 22.6 Å². The van der Waals surface area contributed by atoms with Gasteiger partial charge in [0.2, 0.25) is 5.88 Å². The Hall–Kier alpha value is -0.850. The van der Waals surface area contributed by atoms with E-state index in [2.05, 4.69) is 37.8 Å². The molecule has 0 spiro atoms. The van der Waals surface area contributed by atoms with Crippen molar-refractivity contribution in [3.8, 4) is 5.88 Å². The highest BCUT2D eigenvalue weighted by molar-refractivity contribution is 14.1. The van der Waals surface area contributed by atoms with Crippen LogP contribution in [0.3, 0.4) is 0 Å². The summed E-state index contributed by atoms with van der Waals surface area (Å²) in [4.78, 5) is 4.35. The van der Waals surface area contributed by atoms with Crippen molar-refractivity contribution in [3.05, 3.63) is 16.0 Å². The average Bonchev–Trinajstić information content (AvgIpc) is 2.74. The molecular weight excluding hydrogens is 329 g/mol. The Kier molecular flexibility index (Phi) is 3.17. The lowest BCUT2D eigenvalue weighted by Crippen LogP contribution is -2.20. The van der Waals surface area contributed by atoms with Crippen molar-refractivity contribution in [2.24, 2.45) is 0 Å². The van der Waals surface area contributed by atoms with Crippen LogP contribution in [0.25, 0.3) is 10.9 Å². The van der Waals surface area contributed by atoms with Crippen LogP contribution in [0.1, 0.15) is 32.1 Å². The van der Waals surface area contributed by atoms with E-state index >= 15 is 0 Å². The fraction of sp³-hybridized carbons (Fsp3) is 0.500. The van der Waals surface area contributed by atoms with Gasteiger partial charge < -0.3 is 4.74 Å². The number of rotatable bonds is 2. The lowest BCUT2D eigenvalue weighted by Gasteiger charge is -2.22. The minimum absolute atomic E-state index is 0.326. The molecule has 3 rings (SSSR count). The maximum absolute atomic E-state index is 6.03. The van der Waals surface area contributed by atoms with Gasteiger partial charge in [0, 0.05) is 6.20 Å². The van der Waals surface area contributed by atoms with E-state index in [-0.39, 0.29) is 0 Å². The molecule has 5 heteroatoms. The molecule has 1 aliphatic rings. The second-order valence-electron chi connectivity index (χ2n) is 4.43. The Labute approximate surface area is 113 Å². The third kappa shape index (κ3) is 2.25. The summed E-state index contributed by atoms with van der Waals surface area (Å²) in [6.45, 7) is 0. The van der Waals surface area contributed by atoms with Gasteiger partial charge in [-0.1, -0.05) is 6.42 Å². The molecule has 1 N–H and O–H groups in total. The first-order chi connectivity index (χ1) is 8.34. The molecule has 0 unspecified atom stereocenters. The molecule has 0 saturated heterocycles. The van der Waals surface area contributed by atoms with E-state index in [1.165, 1.54) is 19.3 Å². The topological polar surface area (TPSA) is 50.8 Å². The zero-order valence-electron chi connectivity index (χ0n) is 9.45. The van der Waals surface area contributed by atoms with Crippen LogP contribution in [0.2, 0.25) is 0 Å². The molecule has 0 bridgehead atoms. The van der Waals surface area contributed by atoms with Crippen LogP contribution in [0.4, 0.5) is 0 Å². The molecule has 0 atom stereocenters. The van der Waals surface area contributed by atoms with Crippen LogP contribution in [0, 0.1) is 3.70 Å². The molecule has 1 saturated carbocycles. The predicted molar refractivity (Wildman–Crippen MR) is 74.1 cm³/mol. The zero-order chi connectivity index (χ0) is 11.7. The van der Waals surface area contributed by atoms with Gasteiger partial charge in [0.25, 0.3) is 0 Å². The summed E-state index contributed by atoms with van der Waals surface area (Å²) in [6, 6.07) is 1.93. The zero-order valence-corrected chi connectivity index (χ0v) is 11.6. The van der Waals surface area contributed by atoms with Crippen molar-refractivity contribution in [2.75, 3.05) is 0 Å². The van der Waals surface area contributed by atoms with Crippen molar-refractivity contribution in [2.45, 2.75) is 38.2 Å². The van der Waals surface area contributed by atoms with Gasteiger partial charge in [0.15, 0.2) is 0 Å². The molecular formula is C12H14IN3O. The van der Waals surface area contributed by atoms with Crippen molar-refractivity contribution in [3.63, 3.8) is 0 Å². The first kappa shape index (κ1) is 11.3. The smallest absolute Gasteiger partial charge is 0.225 e. The van der Waals surface area contributed by atoms with E-state index < -0.39 is 0 Å². The van der Waals surface area contributed by atoms with E-state index in [0.717, 1.165) is 33.3 Å². The van der Waals surface area contributed by atoms with Crippen LogP contribution < -0.4 is 4.74 Å². The Morgan fingerprint density at radius 3 is 2.94 bits per heavy atom. The van der Waals surface area contributed by atoms with Crippen molar-refractivity contribution < 1.29 is 4.74 Å². The summed E-state index contributed by atoms with van der Waals surface area (Å²) in [7, 11) is 0. The average molecular weight is 343 g/mol. The van der Waals surface area contributed by atoms with E-state index in [4.69, 9.17) is 4.74 Å². The van der Waals surface area contributed by atoms with Crippen molar-refractivity contribution >= 4 is 33.5 Å². The third-order valence-electron chi connectivity index (χ3n) is 3.23. The van der Waals surface area contributed by atoms with Gasteiger partial charge in [-0.2, -0.15) is 5.10 Å². The summed E-state index contributed by atoms with van der Waals surface area (Å²) < 4.78 is 6.96. The number of nitrogens with one attached hydrogen (secondary N) is 1. The van der Waals surface area contributed by atoms with Crippen molar-refractivity contribution in [1.82, 2.24) is 15.2 Å². The highest BCUT2D eigenvalue weighted by Gasteiger charge is 2.18. The molecule has 2 aromatic rings. The molecule has 0 amide bonds. The maximum Gasteiger partial charge on any atom is 0.225 e. The number of hydrogen-bond donors (Lipinski definition) is 1. The number of hydrogen-bond acceptors (Lipinski definition) is 3. The Bertz CT molecular complexity index is 519. The Balaban J connectivity index is 1.91. The molecule has 1 fully saturated rings. The standard InChI is InChI=1S/C12H14IN3O/c13-11-10-9(15-16-11)6-7-14-12(10)17-8-4-2-1-3-5-8/h6-8H,1-5H2,(H,15,16). The number of ether oxygens (including phenoxy) is 1. The molecule has 1 aliphatic carbocycles. The highest BCUT2D eigenvalue weighted by Crippen LogP contribution is 2.29. The van der Waals surface area contributed by atoms with Crippen LogP contribution in [0.15, 0.2) is 12.3 Å². The maximum atomic E-state index is 6.03. The minimum atomic E-state index is 0.326. The largest absolute Gasteiger partial charge is 0.474 e. The van der Waals surface area contributed by atoms with E-state index in [0.29, 0.717) is 6.10 Å². The van der Waals surface area contributed by atoms with Crippen LogP contribution in [-0.4, -0.2) is 21.3 Å². The molecule has 0 radical (unpaired) electrons. The monoisotopic (exact) mass is 343 g/mol. The molecule has 90 valence electrons. The molecule has 0 aromatic carbocycles. The predicted octanol–water partition coefficient (Wildman–Crippen LogP) is 3.27. The van der Waals surface area contributed by atoms with Gasteiger partial charge in [-0.3, -0.25) is 5.10 Å². The second-order valence-corrected chi connectivity index (χ2v) is 5.45. The number of fused-ring (bicyclic) bond motifs is 1. The van der Waals surface area contributed by atoms with Crippen LogP contribution in [-0.2, 0) is 0 Å². The number of aromatic amines is 1. The summed E-state index contributed by atoms with van der Waals surface area (Å²) in [6.07, 6.45) is 8.26. The van der Waals surface area contributed by atoms with Gasteiger partial charge in [0.1, 0.15) is 9.80 Å². The van der Waals surface area contributed by atoms with Gasteiger partial charge >= 0.3 is 0 Å². The van der Waals surface area contributed by atoms with Crippen LogP contribution in [0.5, 0.6) is 5.88 Å². The molecule has 0 aliphatic heterocycles. The van der Waals surface area contributed by atoms with E-state index in [1.54, 1.807) is 6.20 Å². The first-order valence-corrected chi connectivity index (χ1v) is 7.08. The first-order valence-electron chi connectivity index (χ1n) is 6.00. The fourth-order valence-electron chi connectivity index (χ4n) is 2.33. The SMILES string of the molecule is Ic1n[nH]c2ccnc(OC3CCCCC3)c12. The Morgan fingerprint density at radius 2 is 2.12 bits per heavy atom. The third-order valence-corrected chi connectivity index (χ3v) is 4.01. The molecule has 2 aromatic heterocycles. The fourth-order valence-corrected chi connectivity index (χ4v) is 2.97. The summed E-state index contributed by atoms with van der Waals surface area (Å²) in [5, 5.41) is 8.19. The summed E-state index contributed by atoms with van der Waals surface area (Å²) in [5.41, 5.74) is 0.996. The Morgan fingerprint density at radius 1 is 1.29 bits per heavy atom. The van der Waals surface area contributed by atoms with Gasteiger partial charge in [-0.05, 0) is 54.3 Å². The molecule has 17 heavy (non-hydrogen) atoms. The van der Waals surface area contributed by atoms with Gasteiger partial charge in [-0.15, -0.1) is 0 Å².